The van der Waals surface area contributed by atoms with E-state index in [-0.39, 0.29) is 11.4 Å². The van der Waals surface area contributed by atoms with Crippen LogP contribution in [0.2, 0.25) is 0 Å². The van der Waals surface area contributed by atoms with Crippen molar-refractivity contribution in [3.63, 3.8) is 0 Å². The molecule has 0 aliphatic rings. The first-order chi connectivity index (χ1) is 9.79. The van der Waals surface area contributed by atoms with Gasteiger partial charge in [0.25, 0.3) is 5.91 Å². The summed E-state index contributed by atoms with van der Waals surface area (Å²) in [6.45, 7) is 8.36. The molecule has 0 saturated carbocycles. The maximum Gasteiger partial charge on any atom is 0.261 e. The number of benzene rings is 1. The maximum atomic E-state index is 12.1. The Morgan fingerprint density at radius 2 is 2.14 bits per heavy atom. The minimum Gasteiger partial charge on any atom is -0.481 e. The minimum atomic E-state index is -0.539. The van der Waals surface area contributed by atoms with E-state index < -0.39 is 6.10 Å². The summed E-state index contributed by atoms with van der Waals surface area (Å²) < 4.78 is 6.74. The van der Waals surface area contributed by atoms with E-state index in [9.17, 15) is 4.79 Å². The van der Waals surface area contributed by atoms with Gasteiger partial charge in [0.1, 0.15) is 5.75 Å². The first kappa shape index (κ1) is 18.0. The fraction of sp³-hybridized carbons (Fsp3) is 0.562. The SMILES string of the molecule is CCC(C)(C)NC(=O)C(C)Oc1ccc(Br)c(CCN)c1. The minimum absolute atomic E-state index is 0.106. The predicted octanol–water partition coefficient (Wildman–Crippen LogP) is 3.02. The number of hydrogen-bond donors (Lipinski definition) is 2. The van der Waals surface area contributed by atoms with E-state index in [0.717, 1.165) is 22.9 Å². The summed E-state index contributed by atoms with van der Waals surface area (Å²) in [6, 6.07) is 5.69. The van der Waals surface area contributed by atoms with Gasteiger partial charge in [-0.05, 0) is 63.9 Å². The van der Waals surface area contributed by atoms with E-state index in [4.69, 9.17) is 10.5 Å². The molecule has 1 rings (SSSR count). The van der Waals surface area contributed by atoms with Gasteiger partial charge in [-0.15, -0.1) is 0 Å². The number of carbonyl (C=O) groups excluding carboxylic acids is 1. The van der Waals surface area contributed by atoms with Gasteiger partial charge in [-0.2, -0.15) is 0 Å². The van der Waals surface area contributed by atoms with E-state index in [1.54, 1.807) is 6.92 Å². The summed E-state index contributed by atoms with van der Waals surface area (Å²) in [5.41, 5.74) is 6.44. The predicted molar refractivity (Wildman–Crippen MR) is 89.5 cm³/mol. The van der Waals surface area contributed by atoms with Crippen molar-refractivity contribution < 1.29 is 9.53 Å². The fourth-order valence-electron chi connectivity index (χ4n) is 1.75. The molecule has 21 heavy (non-hydrogen) atoms. The first-order valence-electron chi connectivity index (χ1n) is 7.26. The molecule has 0 bridgehead atoms. The van der Waals surface area contributed by atoms with Gasteiger partial charge in [-0.25, -0.2) is 0 Å². The molecule has 0 saturated heterocycles. The number of ether oxygens (including phenoxy) is 1. The van der Waals surface area contributed by atoms with E-state index in [0.29, 0.717) is 12.3 Å². The molecular formula is C16H25BrN2O2. The molecule has 1 unspecified atom stereocenters. The third kappa shape index (κ3) is 5.67. The number of hydrogen-bond acceptors (Lipinski definition) is 3. The summed E-state index contributed by atoms with van der Waals surface area (Å²) >= 11 is 3.49. The van der Waals surface area contributed by atoms with Gasteiger partial charge in [0.15, 0.2) is 6.10 Å². The summed E-state index contributed by atoms with van der Waals surface area (Å²) in [7, 11) is 0. The lowest BCUT2D eigenvalue weighted by atomic mass is 10.0. The largest absolute Gasteiger partial charge is 0.481 e. The van der Waals surface area contributed by atoms with Gasteiger partial charge in [-0.3, -0.25) is 4.79 Å². The van der Waals surface area contributed by atoms with Crippen molar-refractivity contribution >= 4 is 21.8 Å². The molecule has 1 amide bonds. The number of amides is 1. The lowest BCUT2D eigenvalue weighted by molar-refractivity contribution is -0.128. The molecular weight excluding hydrogens is 332 g/mol. The molecule has 5 heteroatoms. The molecule has 1 aromatic rings. The van der Waals surface area contributed by atoms with Gasteiger partial charge < -0.3 is 15.8 Å². The number of rotatable bonds is 7. The van der Waals surface area contributed by atoms with E-state index in [1.165, 1.54) is 0 Å². The highest BCUT2D eigenvalue weighted by molar-refractivity contribution is 9.10. The second-order valence-electron chi connectivity index (χ2n) is 5.78. The highest BCUT2D eigenvalue weighted by Crippen LogP contribution is 2.23. The second kappa shape index (κ2) is 7.80. The van der Waals surface area contributed by atoms with Gasteiger partial charge in [0, 0.05) is 10.0 Å². The molecule has 1 aromatic carbocycles. The van der Waals surface area contributed by atoms with Gasteiger partial charge >= 0.3 is 0 Å². The van der Waals surface area contributed by atoms with Crippen LogP contribution in [0, 0.1) is 0 Å². The van der Waals surface area contributed by atoms with Crippen LogP contribution in [-0.2, 0) is 11.2 Å². The van der Waals surface area contributed by atoms with Crippen LogP contribution in [0.15, 0.2) is 22.7 Å². The van der Waals surface area contributed by atoms with Gasteiger partial charge in [0.2, 0.25) is 0 Å². The molecule has 0 aliphatic carbocycles. The van der Waals surface area contributed by atoms with Crippen LogP contribution in [0.1, 0.15) is 39.7 Å². The lowest BCUT2D eigenvalue weighted by Crippen LogP contribution is -2.48. The monoisotopic (exact) mass is 356 g/mol. The Hall–Kier alpha value is -1.07. The zero-order valence-corrected chi connectivity index (χ0v) is 14.8. The Labute approximate surface area is 135 Å². The second-order valence-corrected chi connectivity index (χ2v) is 6.63. The average Bonchev–Trinajstić information content (AvgIpc) is 2.42. The Balaban J connectivity index is 2.72. The van der Waals surface area contributed by atoms with Gasteiger partial charge in [0.05, 0.1) is 0 Å². The van der Waals surface area contributed by atoms with E-state index in [2.05, 4.69) is 21.2 Å². The number of carbonyl (C=O) groups is 1. The molecule has 0 heterocycles. The zero-order chi connectivity index (χ0) is 16.0. The maximum absolute atomic E-state index is 12.1. The summed E-state index contributed by atoms with van der Waals surface area (Å²) in [6.07, 6.45) is 1.09. The fourth-order valence-corrected chi connectivity index (χ4v) is 2.20. The van der Waals surface area contributed by atoms with Crippen molar-refractivity contribution in [3.05, 3.63) is 28.2 Å². The van der Waals surface area contributed by atoms with Crippen LogP contribution < -0.4 is 15.8 Å². The quantitative estimate of drug-likeness (QED) is 0.789. The highest BCUT2D eigenvalue weighted by atomic mass is 79.9. The zero-order valence-electron chi connectivity index (χ0n) is 13.2. The van der Waals surface area contributed by atoms with Crippen molar-refractivity contribution in [2.45, 2.75) is 52.2 Å². The number of nitrogens with two attached hydrogens (primary N) is 1. The molecule has 0 aromatic heterocycles. The third-order valence-electron chi connectivity index (χ3n) is 3.46. The van der Waals surface area contributed by atoms with E-state index in [1.807, 2.05) is 39.0 Å². The molecule has 0 aliphatic heterocycles. The Morgan fingerprint density at radius 1 is 1.48 bits per heavy atom. The molecule has 0 radical (unpaired) electrons. The highest BCUT2D eigenvalue weighted by Gasteiger charge is 2.23. The van der Waals surface area contributed by atoms with Crippen LogP contribution in [0.25, 0.3) is 0 Å². The Morgan fingerprint density at radius 3 is 2.71 bits per heavy atom. The number of nitrogens with one attached hydrogen (secondary N) is 1. The van der Waals surface area contributed by atoms with E-state index >= 15 is 0 Å². The summed E-state index contributed by atoms with van der Waals surface area (Å²) in [4.78, 5) is 12.1. The summed E-state index contributed by atoms with van der Waals surface area (Å²) in [5, 5.41) is 2.98. The van der Waals surface area contributed by atoms with Crippen LogP contribution in [-0.4, -0.2) is 24.1 Å². The Kier molecular flexibility index (Phi) is 6.68. The van der Waals surface area contributed by atoms with Crippen molar-refractivity contribution in [1.29, 1.82) is 0 Å². The van der Waals surface area contributed by atoms with Crippen molar-refractivity contribution in [1.82, 2.24) is 5.32 Å². The smallest absolute Gasteiger partial charge is 0.261 e. The standard InChI is InChI=1S/C16H25BrN2O2/c1-5-16(3,4)19-15(20)11(2)21-13-6-7-14(17)12(10-13)8-9-18/h6-7,10-11H,5,8-9,18H2,1-4H3,(H,19,20). The normalized spacial score (nSPS) is 12.9. The van der Waals surface area contributed by atoms with Crippen molar-refractivity contribution in [2.75, 3.05) is 6.54 Å². The third-order valence-corrected chi connectivity index (χ3v) is 4.23. The van der Waals surface area contributed by atoms with Crippen LogP contribution >= 0.6 is 15.9 Å². The van der Waals surface area contributed by atoms with Gasteiger partial charge in [-0.1, -0.05) is 22.9 Å². The average molecular weight is 357 g/mol. The molecule has 3 N–H and O–H groups in total. The molecule has 0 spiro atoms. The Bertz CT molecular complexity index is 489. The van der Waals surface area contributed by atoms with Crippen molar-refractivity contribution in [3.8, 4) is 5.75 Å². The number of halogens is 1. The first-order valence-corrected chi connectivity index (χ1v) is 8.05. The van der Waals surface area contributed by atoms with Crippen LogP contribution in [0.4, 0.5) is 0 Å². The molecule has 118 valence electrons. The summed E-state index contributed by atoms with van der Waals surface area (Å²) in [5.74, 6) is 0.573. The molecule has 1 atom stereocenters. The lowest BCUT2D eigenvalue weighted by Gasteiger charge is -2.26. The topological polar surface area (TPSA) is 64.3 Å². The molecule has 0 fully saturated rings. The van der Waals surface area contributed by atoms with Crippen LogP contribution in [0.5, 0.6) is 5.75 Å². The van der Waals surface area contributed by atoms with Crippen molar-refractivity contribution in [2.24, 2.45) is 5.73 Å². The van der Waals surface area contributed by atoms with Crippen LogP contribution in [0.3, 0.4) is 0 Å². The molecule has 4 nitrogen and oxygen atoms in total.